The van der Waals surface area contributed by atoms with Gasteiger partial charge in [0.05, 0.1) is 11.7 Å². The van der Waals surface area contributed by atoms with Crippen molar-refractivity contribution in [3.63, 3.8) is 0 Å². The van der Waals surface area contributed by atoms with Gasteiger partial charge in [0.2, 0.25) is 5.95 Å². The Morgan fingerprint density at radius 2 is 1.88 bits per heavy atom. The number of aromatic nitrogens is 2. The molecule has 1 spiro atoms. The number of rotatable bonds is 3. The van der Waals surface area contributed by atoms with E-state index in [0.29, 0.717) is 0 Å². The van der Waals surface area contributed by atoms with Crippen LogP contribution in [0.3, 0.4) is 0 Å². The number of hydrogen-bond donors (Lipinski definition) is 0. The van der Waals surface area contributed by atoms with Gasteiger partial charge in [-0.2, -0.15) is 0 Å². The highest BCUT2D eigenvalue weighted by atomic mass is 16.5. The molecule has 1 unspecified atom stereocenters. The van der Waals surface area contributed by atoms with E-state index in [1.54, 1.807) is 0 Å². The molecule has 4 rings (SSSR count). The summed E-state index contributed by atoms with van der Waals surface area (Å²) in [5.41, 5.74) is 1.17. The van der Waals surface area contributed by atoms with Crippen molar-refractivity contribution in [2.75, 3.05) is 44.3 Å². The number of morpholine rings is 1. The van der Waals surface area contributed by atoms with E-state index in [-0.39, 0.29) is 11.7 Å². The molecular formula is C18H28N4O2. The molecule has 3 fully saturated rings. The highest BCUT2D eigenvalue weighted by Crippen LogP contribution is 2.32. The van der Waals surface area contributed by atoms with Crippen molar-refractivity contribution in [2.24, 2.45) is 0 Å². The second-order valence-electron chi connectivity index (χ2n) is 7.48. The average molecular weight is 332 g/mol. The summed E-state index contributed by atoms with van der Waals surface area (Å²) in [6, 6.07) is 0. The van der Waals surface area contributed by atoms with Gasteiger partial charge in [0.25, 0.3) is 0 Å². The Morgan fingerprint density at radius 1 is 1.17 bits per heavy atom. The van der Waals surface area contributed by atoms with E-state index in [4.69, 9.17) is 9.47 Å². The highest BCUT2D eigenvalue weighted by molar-refractivity contribution is 5.31. The van der Waals surface area contributed by atoms with Crippen LogP contribution in [0.2, 0.25) is 0 Å². The SMILES string of the molecule is CC1CN(Cc2cnc(N3CCCC3)nc2)CC2(CCOCC2)O1. The van der Waals surface area contributed by atoms with Crippen LogP contribution in [0.4, 0.5) is 5.95 Å². The summed E-state index contributed by atoms with van der Waals surface area (Å²) in [5.74, 6) is 0.882. The van der Waals surface area contributed by atoms with E-state index in [1.165, 1.54) is 18.4 Å². The smallest absolute Gasteiger partial charge is 0.225 e. The second kappa shape index (κ2) is 6.94. The van der Waals surface area contributed by atoms with Crippen LogP contribution < -0.4 is 4.90 Å². The van der Waals surface area contributed by atoms with Crippen molar-refractivity contribution in [3.05, 3.63) is 18.0 Å². The summed E-state index contributed by atoms with van der Waals surface area (Å²) in [7, 11) is 0. The molecule has 0 aliphatic carbocycles. The lowest BCUT2D eigenvalue weighted by Gasteiger charge is -2.47. The van der Waals surface area contributed by atoms with Gasteiger partial charge in [-0.25, -0.2) is 9.97 Å². The summed E-state index contributed by atoms with van der Waals surface area (Å²) in [6.07, 6.45) is 8.76. The predicted molar refractivity (Wildman–Crippen MR) is 92.1 cm³/mol. The lowest BCUT2D eigenvalue weighted by atomic mass is 9.91. The average Bonchev–Trinajstić information content (AvgIpc) is 3.10. The van der Waals surface area contributed by atoms with E-state index >= 15 is 0 Å². The standard InChI is InChI=1S/C18H28N4O2/c1-15-12-21(14-18(24-15)4-8-23-9-5-18)13-16-10-19-17(20-11-16)22-6-2-3-7-22/h10-11,15H,2-9,12-14H2,1H3. The van der Waals surface area contributed by atoms with Crippen molar-refractivity contribution in [3.8, 4) is 0 Å². The zero-order valence-electron chi connectivity index (χ0n) is 14.6. The maximum absolute atomic E-state index is 6.31. The fourth-order valence-corrected chi connectivity index (χ4v) is 4.25. The number of nitrogens with zero attached hydrogens (tertiary/aromatic N) is 4. The van der Waals surface area contributed by atoms with Gasteiger partial charge in [-0.3, -0.25) is 4.90 Å². The van der Waals surface area contributed by atoms with Gasteiger partial charge in [-0.05, 0) is 19.8 Å². The first-order valence-corrected chi connectivity index (χ1v) is 9.26. The lowest BCUT2D eigenvalue weighted by Crippen LogP contribution is -2.56. The fraction of sp³-hybridized carbons (Fsp3) is 0.778. The molecule has 3 saturated heterocycles. The molecule has 0 amide bonds. The van der Waals surface area contributed by atoms with Gasteiger partial charge >= 0.3 is 0 Å². The molecule has 3 aliphatic rings. The van der Waals surface area contributed by atoms with Crippen LogP contribution in [0, 0.1) is 0 Å². The Hall–Kier alpha value is -1.24. The molecule has 6 heteroatoms. The third kappa shape index (κ3) is 3.55. The summed E-state index contributed by atoms with van der Waals surface area (Å²) in [6.45, 7) is 8.83. The molecule has 0 saturated carbocycles. The molecule has 6 nitrogen and oxygen atoms in total. The van der Waals surface area contributed by atoms with Crippen molar-refractivity contribution >= 4 is 5.95 Å². The van der Waals surface area contributed by atoms with Crippen molar-refractivity contribution in [1.29, 1.82) is 0 Å². The molecule has 24 heavy (non-hydrogen) atoms. The van der Waals surface area contributed by atoms with Gasteiger partial charge in [-0.15, -0.1) is 0 Å². The summed E-state index contributed by atoms with van der Waals surface area (Å²) < 4.78 is 11.8. The maximum Gasteiger partial charge on any atom is 0.225 e. The Morgan fingerprint density at radius 3 is 2.58 bits per heavy atom. The zero-order chi connectivity index (χ0) is 16.4. The minimum Gasteiger partial charge on any atom is -0.381 e. The number of ether oxygens (including phenoxy) is 2. The first-order valence-electron chi connectivity index (χ1n) is 9.26. The highest BCUT2D eigenvalue weighted by Gasteiger charge is 2.40. The molecule has 4 heterocycles. The van der Waals surface area contributed by atoms with Crippen LogP contribution >= 0.6 is 0 Å². The van der Waals surface area contributed by atoms with Crippen LogP contribution in [-0.2, 0) is 16.0 Å². The molecule has 0 radical (unpaired) electrons. The van der Waals surface area contributed by atoms with Crippen LogP contribution in [0.5, 0.6) is 0 Å². The minimum absolute atomic E-state index is 0.0216. The maximum atomic E-state index is 6.31. The molecular weight excluding hydrogens is 304 g/mol. The quantitative estimate of drug-likeness (QED) is 0.842. The third-order valence-corrected chi connectivity index (χ3v) is 5.37. The first-order chi connectivity index (χ1) is 11.7. The Kier molecular flexibility index (Phi) is 4.70. The Balaban J connectivity index is 1.40. The summed E-state index contributed by atoms with van der Waals surface area (Å²) in [4.78, 5) is 13.9. The number of hydrogen-bond acceptors (Lipinski definition) is 6. The molecule has 1 aromatic rings. The van der Waals surface area contributed by atoms with Crippen molar-refractivity contribution < 1.29 is 9.47 Å². The minimum atomic E-state index is -0.0216. The third-order valence-electron chi connectivity index (χ3n) is 5.37. The fourth-order valence-electron chi connectivity index (χ4n) is 4.25. The normalized spacial score (nSPS) is 27.7. The first kappa shape index (κ1) is 16.2. The topological polar surface area (TPSA) is 50.7 Å². The van der Waals surface area contributed by atoms with Crippen LogP contribution in [-0.4, -0.2) is 66.0 Å². The molecule has 0 bridgehead atoms. The predicted octanol–water partition coefficient (Wildman–Crippen LogP) is 1.85. The largest absolute Gasteiger partial charge is 0.381 e. The zero-order valence-corrected chi connectivity index (χ0v) is 14.6. The molecule has 0 N–H and O–H groups in total. The summed E-state index contributed by atoms with van der Waals surface area (Å²) >= 11 is 0. The van der Waals surface area contributed by atoms with Crippen molar-refractivity contribution in [2.45, 2.75) is 50.9 Å². The molecule has 1 atom stereocenters. The Labute approximate surface area is 144 Å². The van der Waals surface area contributed by atoms with Gasteiger partial charge in [0.15, 0.2) is 0 Å². The van der Waals surface area contributed by atoms with Gasteiger partial charge in [-0.1, -0.05) is 0 Å². The molecule has 3 aliphatic heterocycles. The van der Waals surface area contributed by atoms with E-state index in [2.05, 4.69) is 26.7 Å². The van der Waals surface area contributed by atoms with E-state index in [1.807, 2.05) is 12.4 Å². The van der Waals surface area contributed by atoms with E-state index in [9.17, 15) is 0 Å². The number of anilines is 1. The lowest BCUT2D eigenvalue weighted by molar-refractivity contribution is -0.185. The monoisotopic (exact) mass is 332 g/mol. The van der Waals surface area contributed by atoms with Crippen LogP contribution in [0.15, 0.2) is 12.4 Å². The van der Waals surface area contributed by atoms with E-state index < -0.39 is 0 Å². The van der Waals surface area contributed by atoms with E-state index in [0.717, 1.165) is 64.7 Å². The van der Waals surface area contributed by atoms with Crippen LogP contribution in [0.1, 0.15) is 38.2 Å². The van der Waals surface area contributed by atoms with Gasteiger partial charge < -0.3 is 14.4 Å². The molecule has 132 valence electrons. The van der Waals surface area contributed by atoms with Crippen molar-refractivity contribution in [1.82, 2.24) is 14.9 Å². The summed E-state index contributed by atoms with van der Waals surface area (Å²) in [5, 5.41) is 0. The van der Waals surface area contributed by atoms with Gasteiger partial charge in [0, 0.05) is 76.7 Å². The second-order valence-corrected chi connectivity index (χ2v) is 7.48. The van der Waals surface area contributed by atoms with Crippen LogP contribution in [0.25, 0.3) is 0 Å². The Bertz CT molecular complexity index is 538. The molecule has 1 aromatic heterocycles. The molecule has 0 aromatic carbocycles. The van der Waals surface area contributed by atoms with Gasteiger partial charge in [0.1, 0.15) is 0 Å².